The van der Waals surface area contributed by atoms with Crippen molar-refractivity contribution >= 4 is 11.8 Å². The molecular formula is C13H19N3O2. The molecule has 0 saturated carbocycles. The number of carbonyl (C=O) groups excluding carboxylic acids is 1. The third-order valence-electron chi connectivity index (χ3n) is 3.10. The van der Waals surface area contributed by atoms with E-state index in [-0.39, 0.29) is 5.97 Å². The zero-order valence-corrected chi connectivity index (χ0v) is 10.8. The van der Waals surface area contributed by atoms with Crippen molar-refractivity contribution < 1.29 is 9.53 Å². The Morgan fingerprint density at radius 1 is 1.56 bits per heavy atom. The number of aromatic nitrogens is 1. The van der Waals surface area contributed by atoms with Crippen molar-refractivity contribution in [1.29, 1.82) is 0 Å². The van der Waals surface area contributed by atoms with Crippen LogP contribution in [0.3, 0.4) is 0 Å². The summed E-state index contributed by atoms with van der Waals surface area (Å²) in [6, 6.07) is 3.95. The molecule has 2 rings (SSSR count). The molecule has 1 saturated heterocycles. The van der Waals surface area contributed by atoms with Crippen molar-refractivity contribution in [3.63, 3.8) is 0 Å². The van der Waals surface area contributed by atoms with Gasteiger partial charge in [-0.15, -0.1) is 0 Å². The van der Waals surface area contributed by atoms with E-state index in [1.165, 1.54) is 0 Å². The van der Waals surface area contributed by atoms with E-state index < -0.39 is 0 Å². The Hall–Kier alpha value is -1.62. The Morgan fingerprint density at radius 3 is 2.89 bits per heavy atom. The normalized spacial score (nSPS) is 15.0. The highest BCUT2D eigenvalue weighted by Crippen LogP contribution is 2.21. The molecular weight excluding hydrogens is 230 g/mol. The molecule has 0 bridgehead atoms. The number of pyridine rings is 1. The van der Waals surface area contributed by atoms with Gasteiger partial charge in [-0.1, -0.05) is 0 Å². The van der Waals surface area contributed by atoms with Crippen molar-refractivity contribution in [3.8, 4) is 0 Å². The van der Waals surface area contributed by atoms with Gasteiger partial charge in [-0.2, -0.15) is 0 Å². The second-order valence-corrected chi connectivity index (χ2v) is 4.19. The second kappa shape index (κ2) is 5.82. The van der Waals surface area contributed by atoms with Crippen LogP contribution in [-0.4, -0.2) is 43.2 Å². The van der Waals surface area contributed by atoms with Gasteiger partial charge in [0.2, 0.25) is 0 Å². The summed E-state index contributed by atoms with van der Waals surface area (Å²) in [5.41, 5.74) is 0.549. The van der Waals surface area contributed by atoms with Crippen molar-refractivity contribution in [2.24, 2.45) is 0 Å². The number of likely N-dealkylation sites (N-methyl/N-ethyl adjacent to an activating group) is 1. The number of hydrogen-bond donors (Lipinski definition) is 1. The van der Waals surface area contributed by atoms with Crippen LogP contribution in [0.4, 0.5) is 5.82 Å². The van der Waals surface area contributed by atoms with Crippen molar-refractivity contribution in [3.05, 3.63) is 23.9 Å². The van der Waals surface area contributed by atoms with Crippen LogP contribution in [0.5, 0.6) is 0 Å². The standard InChI is InChI=1S/C13H19N3O2/c1-3-16(10-8-14-9-10)12-11(6-5-7-15-12)13(17)18-4-2/h5-7,10,14H,3-4,8-9H2,1-2H3. The quantitative estimate of drug-likeness (QED) is 0.791. The fraction of sp³-hybridized carbons (Fsp3) is 0.538. The van der Waals surface area contributed by atoms with Crippen LogP contribution in [0.1, 0.15) is 24.2 Å². The molecule has 5 nitrogen and oxygen atoms in total. The first-order chi connectivity index (χ1) is 8.77. The lowest BCUT2D eigenvalue weighted by molar-refractivity contribution is 0.0526. The lowest BCUT2D eigenvalue weighted by atomic mass is 10.1. The molecule has 1 aromatic heterocycles. The highest BCUT2D eigenvalue weighted by molar-refractivity contribution is 5.94. The Kier molecular flexibility index (Phi) is 4.15. The van der Waals surface area contributed by atoms with Gasteiger partial charge in [-0.3, -0.25) is 0 Å². The minimum atomic E-state index is -0.300. The molecule has 5 heteroatoms. The van der Waals surface area contributed by atoms with Gasteiger partial charge in [0, 0.05) is 25.8 Å². The number of nitrogens with zero attached hydrogens (tertiary/aromatic N) is 2. The number of esters is 1. The van der Waals surface area contributed by atoms with E-state index in [1.54, 1.807) is 25.3 Å². The van der Waals surface area contributed by atoms with Crippen molar-refractivity contribution in [2.75, 3.05) is 31.1 Å². The molecule has 1 aromatic rings. The first kappa shape index (κ1) is 12.8. The second-order valence-electron chi connectivity index (χ2n) is 4.19. The molecule has 0 radical (unpaired) electrons. The fourth-order valence-electron chi connectivity index (χ4n) is 2.07. The molecule has 0 amide bonds. The Labute approximate surface area is 107 Å². The summed E-state index contributed by atoms with van der Waals surface area (Å²) in [6.45, 7) is 6.96. The summed E-state index contributed by atoms with van der Waals surface area (Å²) in [7, 11) is 0. The molecule has 0 aliphatic carbocycles. The predicted octanol–water partition coefficient (Wildman–Crippen LogP) is 1.06. The smallest absolute Gasteiger partial charge is 0.341 e. The van der Waals surface area contributed by atoms with Crippen LogP contribution in [0.25, 0.3) is 0 Å². The zero-order valence-electron chi connectivity index (χ0n) is 10.8. The summed E-state index contributed by atoms with van der Waals surface area (Å²) in [5, 5.41) is 3.23. The molecule has 0 unspecified atom stereocenters. The molecule has 0 aromatic carbocycles. The number of rotatable bonds is 5. The third kappa shape index (κ3) is 2.46. The van der Waals surface area contributed by atoms with Gasteiger partial charge in [0.15, 0.2) is 0 Å². The van der Waals surface area contributed by atoms with Crippen LogP contribution >= 0.6 is 0 Å². The predicted molar refractivity (Wildman–Crippen MR) is 69.9 cm³/mol. The summed E-state index contributed by atoms with van der Waals surface area (Å²) >= 11 is 0. The van der Waals surface area contributed by atoms with E-state index in [9.17, 15) is 4.79 Å². The fourth-order valence-corrected chi connectivity index (χ4v) is 2.07. The average Bonchev–Trinajstić information content (AvgIpc) is 2.34. The first-order valence-electron chi connectivity index (χ1n) is 6.37. The third-order valence-corrected chi connectivity index (χ3v) is 3.10. The summed E-state index contributed by atoms with van der Waals surface area (Å²) < 4.78 is 5.07. The zero-order chi connectivity index (χ0) is 13.0. The van der Waals surface area contributed by atoms with Crippen LogP contribution < -0.4 is 10.2 Å². The molecule has 1 aliphatic rings. The van der Waals surface area contributed by atoms with E-state index in [0.717, 1.165) is 25.5 Å². The van der Waals surface area contributed by atoms with Crippen molar-refractivity contribution in [2.45, 2.75) is 19.9 Å². The maximum Gasteiger partial charge on any atom is 0.341 e. The lowest BCUT2D eigenvalue weighted by Crippen LogP contribution is -2.57. The molecule has 2 heterocycles. The van der Waals surface area contributed by atoms with Gasteiger partial charge >= 0.3 is 5.97 Å². The number of anilines is 1. The maximum absolute atomic E-state index is 11.9. The van der Waals surface area contributed by atoms with Gasteiger partial charge in [0.25, 0.3) is 0 Å². The summed E-state index contributed by atoms with van der Waals surface area (Å²) in [4.78, 5) is 18.4. The van der Waals surface area contributed by atoms with Crippen LogP contribution in [0.15, 0.2) is 18.3 Å². The minimum absolute atomic E-state index is 0.300. The molecule has 18 heavy (non-hydrogen) atoms. The summed E-state index contributed by atoms with van der Waals surface area (Å²) in [6.07, 6.45) is 1.72. The van der Waals surface area contributed by atoms with E-state index >= 15 is 0 Å². The van der Waals surface area contributed by atoms with E-state index in [1.807, 2.05) is 0 Å². The number of carbonyl (C=O) groups is 1. The van der Waals surface area contributed by atoms with E-state index in [0.29, 0.717) is 18.2 Å². The van der Waals surface area contributed by atoms with Gasteiger partial charge < -0.3 is 15.0 Å². The maximum atomic E-state index is 11.9. The highest BCUT2D eigenvalue weighted by Gasteiger charge is 2.27. The first-order valence-corrected chi connectivity index (χ1v) is 6.37. The Bertz CT molecular complexity index is 418. The molecule has 1 N–H and O–H groups in total. The van der Waals surface area contributed by atoms with Crippen LogP contribution in [-0.2, 0) is 4.74 Å². The van der Waals surface area contributed by atoms with E-state index in [2.05, 4.69) is 22.1 Å². The average molecular weight is 249 g/mol. The number of ether oxygens (including phenoxy) is 1. The summed E-state index contributed by atoms with van der Waals surface area (Å²) in [5.74, 6) is 0.427. The SMILES string of the molecule is CCOC(=O)c1cccnc1N(CC)C1CNC1. The Balaban J connectivity index is 2.27. The van der Waals surface area contributed by atoms with Crippen LogP contribution in [0.2, 0.25) is 0 Å². The van der Waals surface area contributed by atoms with Gasteiger partial charge in [-0.05, 0) is 26.0 Å². The molecule has 98 valence electrons. The van der Waals surface area contributed by atoms with Crippen molar-refractivity contribution in [1.82, 2.24) is 10.3 Å². The Morgan fingerprint density at radius 2 is 2.33 bits per heavy atom. The molecule has 0 atom stereocenters. The largest absolute Gasteiger partial charge is 0.462 e. The number of hydrogen-bond acceptors (Lipinski definition) is 5. The topological polar surface area (TPSA) is 54.5 Å². The van der Waals surface area contributed by atoms with Gasteiger partial charge in [0.1, 0.15) is 11.4 Å². The monoisotopic (exact) mass is 249 g/mol. The van der Waals surface area contributed by atoms with Crippen LogP contribution in [0, 0.1) is 0 Å². The van der Waals surface area contributed by atoms with E-state index in [4.69, 9.17) is 4.74 Å². The minimum Gasteiger partial charge on any atom is -0.462 e. The van der Waals surface area contributed by atoms with Gasteiger partial charge in [-0.25, -0.2) is 9.78 Å². The molecule has 1 aliphatic heterocycles. The highest BCUT2D eigenvalue weighted by atomic mass is 16.5. The number of nitrogens with one attached hydrogen (secondary N) is 1. The van der Waals surface area contributed by atoms with Gasteiger partial charge in [0.05, 0.1) is 12.6 Å². The molecule has 0 spiro atoms. The lowest BCUT2D eigenvalue weighted by Gasteiger charge is -2.38. The molecule has 1 fully saturated rings.